The van der Waals surface area contributed by atoms with Gasteiger partial charge in [0.2, 0.25) is 5.88 Å². The molecule has 1 aliphatic rings. The van der Waals surface area contributed by atoms with Gasteiger partial charge in [0.05, 0.1) is 21.3 Å². The summed E-state index contributed by atoms with van der Waals surface area (Å²) in [6, 6.07) is 12.3. The van der Waals surface area contributed by atoms with Crippen molar-refractivity contribution < 1.29 is 27.2 Å². The summed E-state index contributed by atoms with van der Waals surface area (Å²) in [6.07, 6.45) is 7.41. The van der Waals surface area contributed by atoms with Crippen molar-refractivity contribution in [3.8, 4) is 28.5 Å². The minimum Gasteiger partial charge on any atom is -0.496 e. The van der Waals surface area contributed by atoms with Gasteiger partial charge < -0.3 is 18.7 Å². The molecule has 0 radical (unpaired) electrons. The third kappa shape index (κ3) is 5.14. The molecule has 8 nitrogen and oxygen atoms in total. The van der Waals surface area contributed by atoms with Crippen molar-refractivity contribution in [3.63, 3.8) is 0 Å². The summed E-state index contributed by atoms with van der Waals surface area (Å²) in [6.45, 7) is 0. The number of benzene rings is 2. The molecule has 1 aromatic heterocycles. The molecular formula is C25H30N2O6S. The molecule has 0 saturated heterocycles. The van der Waals surface area contributed by atoms with E-state index in [4.69, 9.17) is 18.7 Å². The van der Waals surface area contributed by atoms with Crippen LogP contribution in [0.5, 0.6) is 17.2 Å². The van der Waals surface area contributed by atoms with Gasteiger partial charge in [-0.25, -0.2) is 13.1 Å². The van der Waals surface area contributed by atoms with Crippen molar-refractivity contribution in [1.29, 1.82) is 0 Å². The van der Waals surface area contributed by atoms with Gasteiger partial charge in [-0.2, -0.15) is 0 Å². The Morgan fingerprint density at radius 2 is 1.62 bits per heavy atom. The first-order valence-electron chi connectivity index (χ1n) is 11.3. The smallest absolute Gasteiger partial charge is 0.271 e. The van der Waals surface area contributed by atoms with E-state index < -0.39 is 10.0 Å². The van der Waals surface area contributed by atoms with Crippen LogP contribution in [0, 0.1) is 5.92 Å². The fourth-order valence-electron chi connectivity index (χ4n) is 4.52. The molecule has 0 amide bonds. The Balaban J connectivity index is 1.60. The van der Waals surface area contributed by atoms with Crippen molar-refractivity contribution in [2.45, 2.75) is 43.4 Å². The van der Waals surface area contributed by atoms with Gasteiger partial charge in [0.15, 0.2) is 4.90 Å². The molecule has 182 valence electrons. The largest absolute Gasteiger partial charge is 0.496 e. The standard InChI is InChI=1S/C25H30N2O6S/c1-30-21-13-12-18(14-17-8-5-4-6-9-17)15-19(21)20-16-24(33-26-20)27-34(28,29)25-22(31-2)10-7-11-23(25)32-3/h7,10-13,15-17,27H,4-6,8-9,14H2,1-3H3. The number of anilines is 1. The second-order valence-electron chi connectivity index (χ2n) is 8.42. The number of aromatic nitrogens is 1. The number of hydrogen-bond donors (Lipinski definition) is 1. The fraction of sp³-hybridized carbons (Fsp3) is 0.400. The first-order chi connectivity index (χ1) is 16.4. The Hall–Kier alpha value is -3.20. The van der Waals surface area contributed by atoms with Gasteiger partial charge in [0.1, 0.15) is 22.9 Å². The highest BCUT2D eigenvalue weighted by atomic mass is 32.2. The van der Waals surface area contributed by atoms with Crippen LogP contribution in [-0.4, -0.2) is 34.9 Å². The number of hydrogen-bond acceptors (Lipinski definition) is 7. The first-order valence-corrected chi connectivity index (χ1v) is 12.8. The van der Waals surface area contributed by atoms with Gasteiger partial charge in [0.25, 0.3) is 10.0 Å². The molecule has 0 bridgehead atoms. The molecule has 9 heteroatoms. The van der Waals surface area contributed by atoms with Gasteiger partial charge in [0, 0.05) is 11.6 Å². The average Bonchev–Trinajstić information content (AvgIpc) is 3.31. The summed E-state index contributed by atoms with van der Waals surface area (Å²) >= 11 is 0. The molecule has 0 spiro atoms. The topological polar surface area (TPSA) is 99.9 Å². The van der Waals surface area contributed by atoms with E-state index in [1.807, 2.05) is 12.1 Å². The normalized spacial score (nSPS) is 14.6. The molecule has 0 aliphatic heterocycles. The van der Waals surface area contributed by atoms with E-state index in [1.165, 1.54) is 51.9 Å². The van der Waals surface area contributed by atoms with Gasteiger partial charge >= 0.3 is 0 Å². The molecule has 0 atom stereocenters. The van der Waals surface area contributed by atoms with Crippen molar-refractivity contribution in [2.75, 3.05) is 26.1 Å². The molecule has 2 aromatic carbocycles. The van der Waals surface area contributed by atoms with E-state index in [-0.39, 0.29) is 22.3 Å². The molecule has 1 heterocycles. The summed E-state index contributed by atoms with van der Waals surface area (Å²) in [5.41, 5.74) is 2.43. The Labute approximate surface area is 200 Å². The van der Waals surface area contributed by atoms with Crippen LogP contribution >= 0.6 is 0 Å². The molecular weight excluding hydrogens is 456 g/mol. The zero-order valence-corrected chi connectivity index (χ0v) is 20.5. The molecule has 4 rings (SSSR count). The lowest BCUT2D eigenvalue weighted by Gasteiger charge is -2.21. The van der Waals surface area contributed by atoms with Gasteiger partial charge in [-0.05, 0) is 42.2 Å². The highest BCUT2D eigenvalue weighted by Gasteiger charge is 2.27. The Bertz CT molecular complexity index is 1210. The summed E-state index contributed by atoms with van der Waals surface area (Å²) in [5.74, 6) is 1.61. The monoisotopic (exact) mass is 486 g/mol. The van der Waals surface area contributed by atoms with Crippen LogP contribution in [0.25, 0.3) is 11.3 Å². The lowest BCUT2D eigenvalue weighted by Crippen LogP contribution is -2.15. The molecule has 34 heavy (non-hydrogen) atoms. The summed E-state index contributed by atoms with van der Waals surface area (Å²) in [5, 5.41) is 4.10. The van der Waals surface area contributed by atoms with Crippen LogP contribution in [-0.2, 0) is 16.4 Å². The van der Waals surface area contributed by atoms with E-state index in [1.54, 1.807) is 31.4 Å². The highest BCUT2D eigenvalue weighted by Crippen LogP contribution is 2.37. The van der Waals surface area contributed by atoms with E-state index in [9.17, 15) is 8.42 Å². The number of ether oxygens (including phenoxy) is 3. The average molecular weight is 487 g/mol. The van der Waals surface area contributed by atoms with Crippen molar-refractivity contribution in [1.82, 2.24) is 5.16 Å². The summed E-state index contributed by atoms with van der Waals surface area (Å²) in [4.78, 5) is -0.120. The lowest BCUT2D eigenvalue weighted by atomic mass is 9.84. The third-order valence-electron chi connectivity index (χ3n) is 6.19. The van der Waals surface area contributed by atoms with Gasteiger partial charge in [-0.15, -0.1) is 0 Å². The van der Waals surface area contributed by atoms with Crippen LogP contribution < -0.4 is 18.9 Å². The third-order valence-corrected chi connectivity index (χ3v) is 7.60. The minimum atomic E-state index is -4.08. The van der Waals surface area contributed by atoms with Crippen LogP contribution in [0.4, 0.5) is 5.88 Å². The van der Waals surface area contributed by atoms with Crippen LogP contribution in [0.1, 0.15) is 37.7 Å². The van der Waals surface area contributed by atoms with Crippen LogP contribution in [0.15, 0.2) is 51.9 Å². The fourth-order valence-corrected chi connectivity index (χ4v) is 5.82. The molecule has 1 aliphatic carbocycles. The number of sulfonamides is 1. The number of nitrogens with one attached hydrogen (secondary N) is 1. The van der Waals surface area contributed by atoms with E-state index in [0.717, 1.165) is 12.0 Å². The number of methoxy groups -OCH3 is 3. The number of nitrogens with zero attached hydrogens (tertiary/aromatic N) is 1. The second kappa shape index (κ2) is 10.4. The predicted octanol–water partition coefficient (Wildman–Crippen LogP) is 5.29. The maximum atomic E-state index is 13.1. The van der Waals surface area contributed by atoms with Gasteiger partial charge in [-0.3, -0.25) is 0 Å². The zero-order valence-electron chi connectivity index (χ0n) is 19.7. The first kappa shape index (κ1) is 23.9. The maximum absolute atomic E-state index is 13.1. The quantitative estimate of drug-likeness (QED) is 0.438. The van der Waals surface area contributed by atoms with Crippen molar-refractivity contribution in [2.24, 2.45) is 5.92 Å². The number of rotatable bonds is 9. The zero-order chi connectivity index (χ0) is 24.1. The van der Waals surface area contributed by atoms with Gasteiger partial charge in [-0.1, -0.05) is 49.4 Å². The summed E-state index contributed by atoms with van der Waals surface area (Å²) < 4.78 is 50.0. The van der Waals surface area contributed by atoms with Crippen molar-refractivity contribution >= 4 is 15.9 Å². The van der Waals surface area contributed by atoms with Crippen LogP contribution in [0.2, 0.25) is 0 Å². The van der Waals surface area contributed by atoms with E-state index >= 15 is 0 Å². The molecule has 1 saturated carbocycles. The highest BCUT2D eigenvalue weighted by molar-refractivity contribution is 7.93. The van der Waals surface area contributed by atoms with Crippen LogP contribution in [0.3, 0.4) is 0 Å². The van der Waals surface area contributed by atoms with E-state index in [2.05, 4.69) is 15.9 Å². The maximum Gasteiger partial charge on any atom is 0.271 e. The van der Waals surface area contributed by atoms with Crippen molar-refractivity contribution in [3.05, 3.63) is 48.0 Å². The Kier molecular flexibility index (Phi) is 7.31. The second-order valence-corrected chi connectivity index (χ2v) is 10.0. The molecule has 0 unspecified atom stereocenters. The summed E-state index contributed by atoms with van der Waals surface area (Å²) in [7, 11) is 0.310. The SMILES string of the molecule is COc1ccc(CC2CCCCC2)cc1-c1cc(NS(=O)(=O)c2c(OC)cccc2OC)on1. The molecule has 1 N–H and O–H groups in total. The predicted molar refractivity (Wildman–Crippen MR) is 129 cm³/mol. The molecule has 1 fully saturated rings. The Morgan fingerprint density at radius 3 is 2.26 bits per heavy atom. The lowest BCUT2D eigenvalue weighted by molar-refractivity contribution is 0.356. The Morgan fingerprint density at radius 1 is 0.941 bits per heavy atom. The van der Waals surface area contributed by atoms with E-state index in [0.29, 0.717) is 17.4 Å². The minimum absolute atomic E-state index is 0.0253. The molecule has 3 aromatic rings.